The van der Waals surface area contributed by atoms with Crippen LogP contribution in [0, 0.1) is 0 Å². The molecule has 32 heavy (non-hydrogen) atoms. The Labute approximate surface area is 192 Å². The summed E-state index contributed by atoms with van der Waals surface area (Å²) in [6.45, 7) is 7.30. The number of nitrogens with zero attached hydrogens (tertiary/aromatic N) is 1. The van der Waals surface area contributed by atoms with Crippen molar-refractivity contribution in [1.29, 1.82) is 0 Å². The molecule has 0 heterocycles. The largest absolute Gasteiger partial charge is 0.466 e. The highest BCUT2D eigenvalue weighted by Gasteiger charge is 2.44. The zero-order chi connectivity index (χ0) is 23.4. The van der Waals surface area contributed by atoms with Gasteiger partial charge in [-0.15, -0.1) is 0 Å². The van der Waals surface area contributed by atoms with E-state index in [4.69, 9.17) is 4.74 Å². The molecular formula is C26H36NO4P. The fraction of sp³-hybridized carbons (Fsp3) is 0.462. The van der Waals surface area contributed by atoms with Crippen molar-refractivity contribution in [2.24, 2.45) is 0 Å². The van der Waals surface area contributed by atoms with Crippen LogP contribution in [0.15, 0.2) is 60.7 Å². The minimum atomic E-state index is -3.48. The van der Waals surface area contributed by atoms with Crippen molar-refractivity contribution in [2.75, 3.05) is 19.7 Å². The molecule has 0 aromatic heterocycles. The molecule has 5 nitrogen and oxygen atoms in total. The SMILES string of the molecule is CCCCN(CCCC)C(=O)C(CC(=O)OCC)P(=O)(c1ccccc1)c1ccccc1. The Hall–Kier alpha value is -2.39. The lowest BCUT2D eigenvalue weighted by molar-refractivity contribution is -0.145. The quantitative estimate of drug-likeness (QED) is 0.322. The van der Waals surface area contributed by atoms with E-state index in [0.717, 1.165) is 25.7 Å². The van der Waals surface area contributed by atoms with Crippen LogP contribution in [-0.2, 0) is 18.9 Å². The zero-order valence-corrected chi connectivity index (χ0v) is 20.4. The second-order valence-electron chi connectivity index (χ2n) is 7.89. The maximum atomic E-state index is 14.9. The second kappa shape index (κ2) is 13.2. The van der Waals surface area contributed by atoms with Crippen LogP contribution < -0.4 is 10.6 Å². The van der Waals surface area contributed by atoms with Gasteiger partial charge in [-0.2, -0.15) is 0 Å². The molecular weight excluding hydrogens is 421 g/mol. The van der Waals surface area contributed by atoms with Gasteiger partial charge >= 0.3 is 5.97 Å². The standard InChI is InChI=1S/C26H36NO4P/c1-4-7-19-27(20-8-5-2)26(29)24(21-25(28)31-6-3)32(30,22-15-11-9-12-16-22)23-17-13-10-14-18-23/h9-18,24H,4-8,19-21H2,1-3H3. The highest BCUT2D eigenvalue weighted by atomic mass is 31.2. The molecule has 0 bridgehead atoms. The molecule has 6 heteroatoms. The Morgan fingerprint density at radius 3 is 1.72 bits per heavy atom. The average molecular weight is 458 g/mol. The van der Waals surface area contributed by atoms with E-state index in [1.807, 2.05) is 36.4 Å². The Balaban J connectivity index is 2.61. The normalized spacial score (nSPS) is 12.2. The van der Waals surface area contributed by atoms with Crippen LogP contribution in [0.4, 0.5) is 0 Å². The number of hydrogen-bond donors (Lipinski definition) is 0. The third-order valence-electron chi connectivity index (χ3n) is 5.54. The fourth-order valence-electron chi connectivity index (χ4n) is 3.80. The van der Waals surface area contributed by atoms with E-state index in [0.29, 0.717) is 23.7 Å². The number of unbranched alkanes of at least 4 members (excludes halogenated alkanes) is 2. The number of ether oxygens (including phenoxy) is 1. The van der Waals surface area contributed by atoms with Gasteiger partial charge in [-0.3, -0.25) is 9.59 Å². The molecule has 0 saturated heterocycles. The van der Waals surface area contributed by atoms with Gasteiger partial charge in [-0.05, 0) is 19.8 Å². The molecule has 2 rings (SSSR count). The number of carbonyl (C=O) groups is 2. The molecule has 0 fully saturated rings. The van der Waals surface area contributed by atoms with Crippen LogP contribution in [0.1, 0.15) is 52.9 Å². The number of esters is 1. The van der Waals surface area contributed by atoms with E-state index in [9.17, 15) is 14.2 Å². The first-order chi connectivity index (χ1) is 15.5. The molecule has 0 saturated carbocycles. The smallest absolute Gasteiger partial charge is 0.307 e. The predicted molar refractivity (Wildman–Crippen MR) is 131 cm³/mol. The molecule has 0 N–H and O–H groups in total. The molecule has 2 aromatic carbocycles. The summed E-state index contributed by atoms with van der Waals surface area (Å²) in [5.74, 6) is -0.722. The summed E-state index contributed by atoms with van der Waals surface area (Å²) in [7, 11) is -3.48. The fourth-order valence-corrected chi connectivity index (χ4v) is 6.93. The van der Waals surface area contributed by atoms with Crippen LogP contribution >= 0.6 is 7.14 Å². The first-order valence-electron chi connectivity index (χ1n) is 11.6. The first-order valence-corrected chi connectivity index (χ1v) is 13.4. The number of hydrogen-bond acceptors (Lipinski definition) is 4. The number of benzene rings is 2. The van der Waals surface area contributed by atoms with Gasteiger partial charge in [0.15, 0.2) is 7.14 Å². The van der Waals surface area contributed by atoms with Crippen molar-refractivity contribution >= 4 is 29.6 Å². The molecule has 0 spiro atoms. The van der Waals surface area contributed by atoms with E-state index in [1.165, 1.54) is 0 Å². The number of rotatable bonds is 13. The van der Waals surface area contributed by atoms with Gasteiger partial charge in [0.25, 0.3) is 0 Å². The summed E-state index contributed by atoms with van der Waals surface area (Å²) >= 11 is 0. The molecule has 1 unspecified atom stereocenters. The first kappa shape index (κ1) is 25.9. The van der Waals surface area contributed by atoms with E-state index in [2.05, 4.69) is 13.8 Å². The summed E-state index contributed by atoms with van der Waals surface area (Å²) in [5, 5.41) is 1.17. The highest BCUT2D eigenvalue weighted by Crippen LogP contribution is 2.50. The second-order valence-corrected chi connectivity index (χ2v) is 10.9. The van der Waals surface area contributed by atoms with E-state index < -0.39 is 18.8 Å². The van der Waals surface area contributed by atoms with Gasteiger partial charge in [0, 0.05) is 23.7 Å². The van der Waals surface area contributed by atoms with Crippen molar-refractivity contribution in [3.05, 3.63) is 60.7 Å². The van der Waals surface area contributed by atoms with Crippen molar-refractivity contribution in [3.63, 3.8) is 0 Å². The maximum absolute atomic E-state index is 14.9. The van der Waals surface area contributed by atoms with Gasteiger partial charge in [0.1, 0.15) is 5.66 Å². The minimum absolute atomic E-state index is 0.206. The van der Waals surface area contributed by atoms with Crippen LogP contribution in [0.5, 0.6) is 0 Å². The van der Waals surface area contributed by atoms with Crippen molar-refractivity contribution in [1.82, 2.24) is 4.90 Å². The Morgan fingerprint density at radius 1 is 0.844 bits per heavy atom. The summed E-state index contributed by atoms with van der Waals surface area (Å²) in [5.41, 5.74) is -1.000. The van der Waals surface area contributed by atoms with E-state index >= 15 is 0 Å². The van der Waals surface area contributed by atoms with Crippen LogP contribution in [0.25, 0.3) is 0 Å². The molecule has 1 amide bonds. The lowest BCUT2D eigenvalue weighted by Gasteiger charge is -2.32. The van der Waals surface area contributed by atoms with Crippen molar-refractivity contribution < 1.29 is 18.9 Å². The molecule has 0 aliphatic rings. The summed E-state index contributed by atoms with van der Waals surface area (Å²) in [6.07, 6.45) is 3.43. The molecule has 1 atom stereocenters. The lowest BCUT2D eigenvalue weighted by Crippen LogP contribution is -2.44. The van der Waals surface area contributed by atoms with Gasteiger partial charge in [0.2, 0.25) is 5.91 Å². The molecule has 0 radical (unpaired) electrons. The van der Waals surface area contributed by atoms with Gasteiger partial charge in [-0.25, -0.2) is 0 Å². The average Bonchev–Trinajstić information content (AvgIpc) is 2.83. The lowest BCUT2D eigenvalue weighted by atomic mass is 10.2. The van der Waals surface area contributed by atoms with E-state index in [1.54, 1.807) is 36.1 Å². The minimum Gasteiger partial charge on any atom is -0.466 e. The maximum Gasteiger partial charge on any atom is 0.307 e. The Kier molecular flexibility index (Phi) is 10.7. The predicted octanol–water partition coefficient (Wildman–Crippen LogP) is 4.75. The Morgan fingerprint density at radius 2 is 1.31 bits per heavy atom. The van der Waals surface area contributed by atoms with Crippen LogP contribution in [0.2, 0.25) is 0 Å². The summed E-state index contributed by atoms with van der Waals surface area (Å²) < 4.78 is 20.1. The molecule has 0 aliphatic carbocycles. The Bertz CT molecular complexity index is 834. The highest BCUT2D eigenvalue weighted by molar-refractivity contribution is 7.80. The zero-order valence-electron chi connectivity index (χ0n) is 19.5. The van der Waals surface area contributed by atoms with Crippen molar-refractivity contribution in [3.8, 4) is 0 Å². The number of carbonyl (C=O) groups excluding carboxylic acids is 2. The monoisotopic (exact) mass is 457 g/mol. The van der Waals surface area contributed by atoms with Crippen LogP contribution in [0.3, 0.4) is 0 Å². The van der Waals surface area contributed by atoms with Gasteiger partial charge < -0.3 is 14.2 Å². The molecule has 0 aliphatic heterocycles. The van der Waals surface area contributed by atoms with Crippen LogP contribution in [-0.4, -0.2) is 42.1 Å². The summed E-state index contributed by atoms with van der Waals surface area (Å²) in [4.78, 5) is 28.3. The molecule has 174 valence electrons. The van der Waals surface area contributed by atoms with E-state index in [-0.39, 0.29) is 18.9 Å². The molecule has 2 aromatic rings. The number of amides is 1. The van der Waals surface area contributed by atoms with Crippen molar-refractivity contribution in [2.45, 2.75) is 58.5 Å². The van der Waals surface area contributed by atoms with Gasteiger partial charge in [0.05, 0.1) is 13.0 Å². The third kappa shape index (κ3) is 6.56. The summed E-state index contributed by atoms with van der Waals surface area (Å²) in [6, 6.07) is 18.2. The van der Waals surface area contributed by atoms with Gasteiger partial charge in [-0.1, -0.05) is 87.4 Å². The third-order valence-corrected chi connectivity index (χ3v) is 8.96. The topological polar surface area (TPSA) is 63.7 Å².